The molecule has 0 heterocycles. The highest BCUT2D eigenvalue weighted by atomic mass is 16.6. The summed E-state index contributed by atoms with van der Waals surface area (Å²) in [5, 5.41) is 23.2. The zero-order valence-corrected chi connectivity index (χ0v) is 22.5. The third kappa shape index (κ3) is 7.94. The molecule has 9 heteroatoms. The lowest BCUT2D eigenvalue weighted by molar-refractivity contribution is -0.384. The van der Waals surface area contributed by atoms with Crippen LogP contribution in [0.4, 0.5) is 11.4 Å². The lowest BCUT2D eigenvalue weighted by Crippen LogP contribution is -2.13. The predicted molar refractivity (Wildman–Crippen MR) is 155 cm³/mol. The van der Waals surface area contributed by atoms with Crippen molar-refractivity contribution >= 4 is 23.4 Å². The van der Waals surface area contributed by atoms with Gasteiger partial charge in [0.25, 0.3) is 11.6 Å². The topological polar surface area (TPSA) is 124 Å². The first-order chi connectivity index (χ1) is 19.8. The zero-order valence-electron chi connectivity index (χ0n) is 22.5. The van der Waals surface area contributed by atoms with E-state index in [1.807, 2.05) is 37.3 Å². The number of nitriles is 1. The summed E-state index contributed by atoms with van der Waals surface area (Å²) in [4.78, 5) is 23.1. The standard InChI is InChI=1S/C32H27N3O6/c1-22-3-5-23(6-4-22)20-40-29-14-10-27(11-15-29)34-32(36)26(19-33)17-25-9-16-30(31(18-25)39-2)41-21-24-7-12-28(13-8-24)35(37)38/h3-18H,20-21H2,1-2H3,(H,34,36)/b26-17+. The van der Waals surface area contributed by atoms with E-state index in [0.29, 0.717) is 35.1 Å². The van der Waals surface area contributed by atoms with Gasteiger partial charge in [-0.15, -0.1) is 0 Å². The molecule has 0 bridgehead atoms. The Morgan fingerprint density at radius 1 is 0.902 bits per heavy atom. The highest BCUT2D eigenvalue weighted by Gasteiger charge is 2.12. The van der Waals surface area contributed by atoms with Crippen LogP contribution >= 0.6 is 0 Å². The van der Waals surface area contributed by atoms with E-state index >= 15 is 0 Å². The summed E-state index contributed by atoms with van der Waals surface area (Å²) >= 11 is 0. The van der Waals surface area contributed by atoms with Gasteiger partial charge in [-0.3, -0.25) is 14.9 Å². The average molecular weight is 550 g/mol. The van der Waals surface area contributed by atoms with Gasteiger partial charge in [0, 0.05) is 17.8 Å². The monoisotopic (exact) mass is 549 g/mol. The van der Waals surface area contributed by atoms with Crippen LogP contribution in [0.2, 0.25) is 0 Å². The van der Waals surface area contributed by atoms with Gasteiger partial charge in [-0.2, -0.15) is 5.26 Å². The molecule has 206 valence electrons. The van der Waals surface area contributed by atoms with Gasteiger partial charge in [-0.1, -0.05) is 35.9 Å². The highest BCUT2D eigenvalue weighted by molar-refractivity contribution is 6.09. The largest absolute Gasteiger partial charge is 0.493 e. The van der Waals surface area contributed by atoms with Crippen LogP contribution in [0.1, 0.15) is 22.3 Å². The van der Waals surface area contributed by atoms with Crippen molar-refractivity contribution in [2.24, 2.45) is 0 Å². The molecular formula is C32H27N3O6. The number of ether oxygens (including phenoxy) is 3. The Balaban J connectivity index is 1.37. The molecule has 0 saturated heterocycles. The second-order valence-corrected chi connectivity index (χ2v) is 9.05. The summed E-state index contributed by atoms with van der Waals surface area (Å²) in [5.74, 6) is 0.941. The molecule has 4 aromatic carbocycles. The van der Waals surface area contributed by atoms with Crippen LogP contribution in [0.5, 0.6) is 17.2 Å². The van der Waals surface area contributed by atoms with Gasteiger partial charge in [0.2, 0.25) is 0 Å². The summed E-state index contributed by atoms with van der Waals surface area (Å²) in [6, 6.07) is 28.0. The molecule has 0 fully saturated rings. The van der Waals surface area contributed by atoms with Gasteiger partial charge in [0.15, 0.2) is 11.5 Å². The van der Waals surface area contributed by atoms with E-state index in [1.54, 1.807) is 54.6 Å². The molecule has 0 spiro atoms. The molecule has 1 amide bonds. The number of nitro benzene ring substituents is 1. The van der Waals surface area contributed by atoms with Crippen LogP contribution in [-0.2, 0) is 18.0 Å². The van der Waals surface area contributed by atoms with Crippen LogP contribution in [0, 0.1) is 28.4 Å². The Labute approximate surface area is 237 Å². The first-order valence-electron chi connectivity index (χ1n) is 12.6. The third-order valence-electron chi connectivity index (χ3n) is 6.04. The number of methoxy groups -OCH3 is 1. The van der Waals surface area contributed by atoms with Gasteiger partial charge < -0.3 is 19.5 Å². The molecule has 1 N–H and O–H groups in total. The van der Waals surface area contributed by atoms with Gasteiger partial charge in [-0.05, 0) is 78.2 Å². The molecule has 4 rings (SSSR count). The van der Waals surface area contributed by atoms with Crippen LogP contribution in [0.15, 0.2) is 96.6 Å². The number of anilines is 1. The number of hydrogen-bond donors (Lipinski definition) is 1. The van der Waals surface area contributed by atoms with Crippen molar-refractivity contribution in [3.05, 3.63) is 129 Å². The number of amides is 1. The van der Waals surface area contributed by atoms with Crippen molar-refractivity contribution in [1.82, 2.24) is 0 Å². The molecule has 0 aliphatic rings. The van der Waals surface area contributed by atoms with Crippen molar-refractivity contribution in [1.29, 1.82) is 5.26 Å². The minimum Gasteiger partial charge on any atom is -0.493 e. The quantitative estimate of drug-likeness (QED) is 0.0965. The summed E-state index contributed by atoms with van der Waals surface area (Å²) in [6.45, 7) is 2.63. The van der Waals surface area contributed by atoms with Crippen molar-refractivity contribution in [3.63, 3.8) is 0 Å². The number of carbonyl (C=O) groups is 1. The average Bonchev–Trinajstić information content (AvgIpc) is 2.99. The van der Waals surface area contributed by atoms with Crippen molar-refractivity contribution < 1.29 is 23.9 Å². The van der Waals surface area contributed by atoms with Crippen molar-refractivity contribution in [3.8, 4) is 23.3 Å². The maximum atomic E-state index is 12.8. The first-order valence-corrected chi connectivity index (χ1v) is 12.6. The number of hydrogen-bond acceptors (Lipinski definition) is 7. The maximum Gasteiger partial charge on any atom is 0.269 e. The van der Waals surface area contributed by atoms with Gasteiger partial charge in [0.1, 0.15) is 30.6 Å². The third-order valence-corrected chi connectivity index (χ3v) is 6.04. The molecule has 9 nitrogen and oxygen atoms in total. The Kier molecular flexibility index (Phi) is 9.31. The number of nitrogens with zero attached hydrogens (tertiary/aromatic N) is 2. The molecule has 0 radical (unpaired) electrons. The fourth-order valence-corrected chi connectivity index (χ4v) is 3.77. The molecule has 4 aromatic rings. The Morgan fingerprint density at radius 2 is 1.54 bits per heavy atom. The maximum absolute atomic E-state index is 12.8. The molecule has 0 aliphatic heterocycles. The molecule has 0 aliphatic carbocycles. The molecule has 0 aromatic heterocycles. The molecular weight excluding hydrogens is 522 g/mol. The van der Waals surface area contributed by atoms with E-state index in [2.05, 4.69) is 5.32 Å². The van der Waals surface area contributed by atoms with E-state index in [4.69, 9.17) is 14.2 Å². The fraction of sp³-hybridized carbons (Fsp3) is 0.125. The SMILES string of the molecule is COc1cc(/C=C(\C#N)C(=O)Nc2ccc(OCc3ccc(C)cc3)cc2)ccc1OCc1ccc([N+](=O)[O-])cc1. The van der Waals surface area contributed by atoms with Gasteiger partial charge >= 0.3 is 0 Å². The van der Waals surface area contributed by atoms with E-state index < -0.39 is 10.8 Å². The number of carbonyl (C=O) groups excluding carboxylic acids is 1. The Bertz CT molecular complexity index is 1590. The number of rotatable bonds is 11. The fourth-order valence-electron chi connectivity index (χ4n) is 3.77. The summed E-state index contributed by atoms with van der Waals surface area (Å²) in [5.41, 5.74) is 3.98. The van der Waals surface area contributed by atoms with E-state index in [0.717, 1.165) is 11.1 Å². The van der Waals surface area contributed by atoms with E-state index in [-0.39, 0.29) is 17.9 Å². The van der Waals surface area contributed by atoms with E-state index in [1.165, 1.54) is 30.9 Å². The molecule has 0 atom stereocenters. The minimum atomic E-state index is -0.557. The van der Waals surface area contributed by atoms with E-state index in [9.17, 15) is 20.2 Å². The highest BCUT2D eigenvalue weighted by Crippen LogP contribution is 2.30. The summed E-state index contributed by atoms with van der Waals surface area (Å²) < 4.78 is 17.0. The Hall–Kier alpha value is -5.62. The smallest absolute Gasteiger partial charge is 0.269 e. The molecule has 0 unspecified atom stereocenters. The first kappa shape index (κ1) is 28.4. The van der Waals surface area contributed by atoms with Crippen LogP contribution in [0.25, 0.3) is 6.08 Å². The van der Waals surface area contributed by atoms with Gasteiger partial charge in [-0.25, -0.2) is 0 Å². The lowest BCUT2D eigenvalue weighted by Gasteiger charge is -2.12. The molecule has 0 saturated carbocycles. The number of non-ortho nitro benzene ring substituents is 1. The van der Waals surface area contributed by atoms with Crippen molar-refractivity contribution in [2.45, 2.75) is 20.1 Å². The number of benzene rings is 4. The summed E-state index contributed by atoms with van der Waals surface area (Å²) in [7, 11) is 1.48. The Morgan fingerprint density at radius 3 is 2.15 bits per heavy atom. The zero-order chi connectivity index (χ0) is 29.2. The normalized spacial score (nSPS) is 10.8. The van der Waals surface area contributed by atoms with Crippen molar-refractivity contribution in [2.75, 3.05) is 12.4 Å². The van der Waals surface area contributed by atoms with Crippen LogP contribution < -0.4 is 19.5 Å². The van der Waals surface area contributed by atoms with Gasteiger partial charge in [0.05, 0.1) is 12.0 Å². The van der Waals surface area contributed by atoms with Crippen LogP contribution in [0.3, 0.4) is 0 Å². The second-order valence-electron chi connectivity index (χ2n) is 9.05. The predicted octanol–water partition coefficient (Wildman–Crippen LogP) is 6.62. The number of nitro groups is 1. The minimum absolute atomic E-state index is 0.000259. The summed E-state index contributed by atoms with van der Waals surface area (Å²) in [6.07, 6.45) is 1.46. The number of nitrogens with one attached hydrogen (secondary N) is 1. The second kappa shape index (κ2) is 13.4. The van der Waals surface area contributed by atoms with Crippen LogP contribution in [-0.4, -0.2) is 17.9 Å². The number of aryl methyl sites for hydroxylation is 1. The lowest BCUT2D eigenvalue weighted by atomic mass is 10.1. The molecule has 41 heavy (non-hydrogen) atoms.